The number of hydrogen-bond donors (Lipinski definition) is 2. The zero-order valence-electron chi connectivity index (χ0n) is 14.1. The van der Waals surface area contributed by atoms with E-state index in [4.69, 9.17) is 0 Å². The van der Waals surface area contributed by atoms with E-state index < -0.39 is 5.60 Å². The van der Waals surface area contributed by atoms with Gasteiger partial charge in [-0.3, -0.25) is 9.78 Å². The van der Waals surface area contributed by atoms with Gasteiger partial charge < -0.3 is 10.4 Å². The van der Waals surface area contributed by atoms with Crippen LogP contribution in [-0.2, 0) is 4.79 Å². The van der Waals surface area contributed by atoms with Crippen molar-refractivity contribution in [1.29, 1.82) is 0 Å². The molecular formula is C20H24N2O2. The molecule has 0 aliphatic heterocycles. The Bertz CT molecular complexity index is 707. The predicted octanol–water partition coefficient (Wildman–Crippen LogP) is 4.08. The fourth-order valence-corrected chi connectivity index (χ4v) is 3.36. The Balaban J connectivity index is 1.73. The van der Waals surface area contributed by atoms with Crippen molar-refractivity contribution in [3.05, 3.63) is 48.3 Å². The lowest BCUT2D eigenvalue weighted by Gasteiger charge is -2.31. The molecule has 1 aromatic heterocycles. The summed E-state index contributed by atoms with van der Waals surface area (Å²) in [4.78, 5) is 16.4. The van der Waals surface area contributed by atoms with Crippen LogP contribution in [0.3, 0.4) is 0 Å². The molecule has 0 unspecified atom stereocenters. The van der Waals surface area contributed by atoms with Crippen molar-refractivity contribution in [2.24, 2.45) is 0 Å². The number of nitrogens with zero attached hydrogens (tertiary/aromatic N) is 1. The minimum Gasteiger partial charge on any atom is -0.389 e. The summed E-state index contributed by atoms with van der Waals surface area (Å²) in [5, 5.41) is 13.5. The smallest absolute Gasteiger partial charge is 0.227 e. The number of aromatic nitrogens is 1. The van der Waals surface area contributed by atoms with E-state index in [0.717, 1.165) is 54.5 Å². The molecule has 126 valence electrons. The SMILES string of the molecule is Cc1ccc(-c2ccncc2)cc1NC(=O)CC1(O)CCCCC1. The molecule has 0 saturated heterocycles. The molecule has 4 heteroatoms. The van der Waals surface area contributed by atoms with Crippen molar-refractivity contribution < 1.29 is 9.90 Å². The first-order valence-electron chi connectivity index (χ1n) is 8.59. The highest BCUT2D eigenvalue weighted by Gasteiger charge is 2.31. The van der Waals surface area contributed by atoms with Crippen LogP contribution >= 0.6 is 0 Å². The third-order valence-electron chi connectivity index (χ3n) is 4.80. The van der Waals surface area contributed by atoms with Gasteiger partial charge in [-0.05, 0) is 54.7 Å². The van der Waals surface area contributed by atoms with Gasteiger partial charge in [0.1, 0.15) is 0 Å². The molecule has 2 N–H and O–H groups in total. The van der Waals surface area contributed by atoms with Crippen LogP contribution in [-0.4, -0.2) is 21.6 Å². The molecule has 0 bridgehead atoms. The standard InChI is InChI=1S/C20H24N2O2/c1-15-5-6-17(16-7-11-21-12-8-16)13-18(15)22-19(23)14-20(24)9-3-2-4-10-20/h5-8,11-13,24H,2-4,9-10,14H2,1H3,(H,22,23). The topological polar surface area (TPSA) is 62.2 Å². The maximum Gasteiger partial charge on any atom is 0.227 e. The number of aryl methyl sites for hydroxylation is 1. The van der Waals surface area contributed by atoms with Gasteiger partial charge in [-0.25, -0.2) is 0 Å². The summed E-state index contributed by atoms with van der Waals surface area (Å²) in [7, 11) is 0. The van der Waals surface area contributed by atoms with Crippen molar-refractivity contribution in [3.8, 4) is 11.1 Å². The van der Waals surface area contributed by atoms with E-state index in [9.17, 15) is 9.90 Å². The Morgan fingerprint density at radius 2 is 1.83 bits per heavy atom. The second kappa shape index (κ2) is 7.14. The molecule has 2 aromatic rings. The van der Waals surface area contributed by atoms with Gasteiger partial charge in [-0.2, -0.15) is 0 Å². The van der Waals surface area contributed by atoms with Gasteiger partial charge in [-0.15, -0.1) is 0 Å². The zero-order chi connectivity index (χ0) is 17.0. The van der Waals surface area contributed by atoms with Crippen LogP contribution in [0.4, 0.5) is 5.69 Å². The Hall–Kier alpha value is -2.20. The number of aliphatic hydroxyl groups is 1. The molecule has 1 fully saturated rings. The van der Waals surface area contributed by atoms with E-state index in [1.807, 2.05) is 37.3 Å². The number of rotatable bonds is 4. The lowest BCUT2D eigenvalue weighted by Crippen LogP contribution is -2.36. The second-order valence-corrected chi connectivity index (χ2v) is 6.78. The summed E-state index contributed by atoms with van der Waals surface area (Å²) in [5.41, 5.74) is 3.07. The monoisotopic (exact) mass is 324 g/mol. The minimum atomic E-state index is -0.834. The summed E-state index contributed by atoms with van der Waals surface area (Å²) in [5.74, 6) is -0.116. The van der Waals surface area contributed by atoms with Crippen LogP contribution in [0.1, 0.15) is 44.1 Å². The summed E-state index contributed by atoms with van der Waals surface area (Å²) < 4.78 is 0. The highest BCUT2D eigenvalue weighted by atomic mass is 16.3. The zero-order valence-corrected chi connectivity index (χ0v) is 14.1. The molecule has 3 rings (SSSR count). The van der Waals surface area contributed by atoms with Crippen LogP contribution in [0.25, 0.3) is 11.1 Å². The van der Waals surface area contributed by atoms with Gasteiger partial charge in [0.2, 0.25) is 5.91 Å². The number of anilines is 1. The highest BCUT2D eigenvalue weighted by molar-refractivity contribution is 5.93. The first-order chi connectivity index (χ1) is 11.6. The Kier molecular flexibility index (Phi) is 4.95. The summed E-state index contributed by atoms with van der Waals surface area (Å²) in [6.45, 7) is 1.97. The highest BCUT2D eigenvalue weighted by Crippen LogP contribution is 2.31. The molecule has 1 amide bonds. The largest absolute Gasteiger partial charge is 0.389 e. The van der Waals surface area contributed by atoms with Crippen LogP contribution in [0.15, 0.2) is 42.7 Å². The van der Waals surface area contributed by atoms with Gasteiger partial charge >= 0.3 is 0 Å². The van der Waals surface area contributed by atoms with Crippen molar-refractivity contribution >= 4 is 11.6 Å². The molecule has 1 aromatic carbocycles. The van der Waals surface area contributed by atoms with E-state index >= 15 is 0 Å². The second-order valence-electron chi connectivity index (χ2n) is 6.78. The summed E-state index contributed by atoms with van der Waals surface area (Å²) in [6, 6.07) is 9.91. The summed E-state index contributed by atoms with van der Waals surface area (Å²) in [6.07, 6.45) is 8.27. The Labute approximate surface area is 142 Å². The number of hydrogen-bond acceptors (Lipinski definition) is 3. The van der Waals surface area contributed by atoms with Gasteiger partial charge in [0, 0.05) is 18.1 Å². The first kappa shape index (κ1) is 16.7. The quantitative estimate of drug-likeness (QED) is 0.891. The Morgan fingerprint density at radius 1 is 1.12 bits per heavy atom. The molecule has 4 nitrogen and oxygen atoms in total. The third kappa shape index (κ3) is 4.01. The Morgan fingerprint density at radius 3 is 2.54 bits per heavy atom. The number of pyridine rings is 1. The predicted molar refractivity (Wildman–Crippen MR) is 95.7 cm³/mol. The number of amides is 1. The van der Waals surface area contributed by atoms with Gasteiger partial charge in [-0.1, -0.05) is 31.4 Å². The molecule has 1 heterocycles. The van der Waals surface area contributed by atoms with E-state index in [-0.39, 0.29) is 12.3 Å². The average molecular weight is 324 g/mol. The van der Waals surface area contributed by atoms with Crippen LogP contribution in [0, 0.1) is 6.92 Å². The van der Waals surface area contributed by atoms with Crippen LogP contribution in [0.2, 0.25) is 0 Å². The van der Waals surface area contributed by atoms with E-state index in [0.29, 0.717) is 0 Å². The lowest BCUT2D eigenvalue weighted by atomic mass is 9.82. The van der Waals surface area contributed by atoms with Crippen LogP contribution < -0.4 is 5.32 Å². The maximum atomic E-state index is 12.4. The average Bonchev–Trinajstić information content (AvgIpc) is 2.58. The number of carbonyl (C=O) groups is 1. The molecule has 0 atom stereocenters. The van der Waals surface area contributed by atoms with Crippen LogP contribution in [0.5, 0.6) is 0 Å². The van der Waals surface area contributed by atoms with E-state index in [1.54, 1.807) is 12.4 Å². The molecule has 1 aliphatic carbocycles. The van der Waals surface area contributed by atoms with E-state index in [1.165, 1.54) is 0 Å². The van der Waals surface area contributed by atoms with Gasteiger partial charge in [0.25, 0.3) is 0 Å². The molecule has 1 aliphatic rings. The lowest BCUT2D eigenvalue weighted by molar-refractivity contribution is -0.122. The number of benzene rings is 1. The fraction of sp³-hybridized carbons (Fsp3) is 0.400. The molecular weight excluding hydrogens is 300 g/mol. The molecule has 1 saturated carbocycles. The number of nitrogens with one attached hydrogen (secondary N) is 1. The normalized spacial score (nSPS) is 16.6. The molecule has 24 heavy (non-hydrogen) atoms. The van der Waals surface area contributed by atoms with E-state index in [2.05, 4.69) is 10.3 Å². The van der Waals surface area contributed by atoms with Crippen molar-refractivity contribution in [1.82, 2.24) is 4.98 Å². The van der Waals surface area contributed by atoms with Gasteiger partial charge in [0.05, 0.1) is 12.0 Å². The fourth-order valence-electron chi connectivity index (χ4n) is 3.36. The molecule has 0 spiro atoms. The number of carbonyl (C=O) groups excluding carboxylic acids is 1. The maximum absolute atomic E-state index is 12.4. The van der Waals surface area contributed by atoms with Gasteiger partial charge in [0.15, 0.2) is 0 Å². The van der Waals surface area contributed by atoms with Crippen molar-refractivity contribution in [3.63, 3.8) is 0 Å². The third-order valence-corrected chi connectivity index (χ3v) is 4.80. The molecule has 0 radical (unpaired) electrons. The van der Waals surface area contributed by atoms with Crippen molar-refractivity contribution in [2.75, 3.05) is 5.32 Å². The summed E-state index contributed by atoms with van der Waals surface area (Å²) >= 11 is 0. The first-order valence-corrected chi connectivity index (χ1v) is 8.59. The minimum absolute atomic E-state index is 0.116. The van der Waals surface area contributed by atoms with Crippen molar-refractivity contribution in [2.45, 2.75) is 51.0 Å².